The molecule has 0 aromatic heterocycles. The summed E-state index contributed by atoms with van der Waals surface area (Å²) in [6.45, 7) is 15.6. The first kappa shape index (κ1) is 39.8. The van der Waals surface area contributed by atoms with E-state index in [1.54, 1.807) is 10.7 Å². The molecule has 0 amide bonds. The minimum absolute atomic E-state index is 0.0633. The first-order valence-electron chi connectivity index (χ1n) is 18.0. The molecule has 0 aromatic carbocycles. The number of hydrogen-bond donors (Lipinski definition) is 0. The Morgan fingerprint density at radius 2 is 1.12 bits per heavy atom. The van der Waals surface area contributed by atoms with Crippen LogP contribution in [0.2, 0.25) is 26.6 Å². The van der Waals surface area contributed by atoms with Gasteiger partial charge in [0, 0.05) is 0 Å². The molecule has 0 radical (unpaired) electrons. The van der Waals surface area contributed by atoms with E-state index in [1.165, 1.54) is 114 Å². The number of carbonyl (C=O) groups excluding carboxylic acids is 1. The van der Waals surface area contributed by atoms with E-state index in [9.17, 15) is 4.79 Å². The van der Waals surface area contributed by atoms with E-state index < -0.39 is 36.8 Å². The Balaban J connectivity index is 3.95. The van der Waals surface area contributed by atoms with Gasteiger partial charge in [0.05, 0.1) is 0 Å². The predicted molar refractivity (Wildman–Crippen MR) is 183 cm³/mol. The molecule has 1 rings (SSSR count). The standard InChI is InChI=1S/C11H16O4.6C4H9.2Sn/c1-13-10(12)6-2-4-8-14-11-7-3-5-9-15-11;6*1-3-4-2;;/h11H,3-5,7-9H2,1H3;6*1,3-4H2,2H3;;. The van der Waals surface area contributed by atoms with E-state index >= 15 is 0 Å². The zero-order valence-electron chi connectivity index (χ0n) is 28.7. The Labute approximate surface area is 264 Å². The van der Waals surface area contributed by atoms with Crippen LogP contribution in [-0.4, -0.2) is 69.3 Å². The fraction of sp³-hybridized carbons (Fsp3) is 0.914. The van der Waals surface area contributed by atoms with E-state index in [2.05, 4.69) is 41.5 Å². The molecule has 1 unspecified atom stereocenters. The van der Waals surface area contributed by atoms with Crippen LogP contribution in [-0.2, 0) is 19.0 Å². The van der Waals surface area contributed by atoms with Gasteiger partial charge in [0.15, 0.2) is 0 Å². The minimum atomic E-state index is -3.11. The van der Waals surface area contributed by atoms with Crippen molar-refractivity contribution in [2.24, 2.45) is 0 Å². The molecular formula is C35H70O4Sn2. The summed E-state index contributed by atoms with van der Waals surface area (Å²) in [7, 11) is 1.67. The van der Waals surface area contributed by atoms with Crippen molar-refractivity contribution in [3.8, 4) is 0 Å². The normalized spacial score (nSPS) is 17.0. The summed E-state index contributed by atoms with van der Waals surface area (Å²) in [4.78, 5) is 14.4. The number of esters is 1. The summed E-state index contributed by atoms with van der Waals surface area (Å²) in [6.07, 6.45) is 19.4. The van der Waals surface area contributed by atoms with E-state index in [0.717, 1.165) is 25.9 Å². The Bertz CT molecular complexity index is 659. The summed E-state index contributed by atoms with van der Waals surface area (Å²) < 4.78 is 29.6. The average Bonchev–Trinajstić information content (AvgIpc) is 3.01. The molecule has 4 nitrogen and oxygen atoms in total. The van der Waals surface area contributed by atoms with Gasteiger partial charge in [-0.3, -0.25) is 0 Å². The predicted octanol–water partition coefficient (Wildman–Crippen LogP) is 11.2. The third-order valence-corrected chi connectivity index (χ3v) is 43.7. The van der Waals surface area contributed by atoms with Crippen molar-refractivity contribution in [2.75, 3.05) is 20.3 Å². The molecule has 1 atom stereocenters. The molecule has 0 bridgehead atoms. The van der Waals surface area contributed by atoms with Crippen LogP contribution >= 0.6 is 0 Å². The third kappa shape index (κ3) is 13.7. The van der Waals surface area contributed by atoms with Gasteiger partial charge in [-0.15, -0.1) is 0 Å². The number of methoxy groups -OCH3 is 1. The molecule has 0 aliphatic carbocycles. The van der Waals surface area contributed by atoms with Crippen LogP contribution in [0.3, 0.4) is 0 Å². The summed E-state index contributed by atoms with van der Waals surface area (Å²) in [5, 5.41) is 0. The van der Waals surface area contributed by atoms with Crippen molar-refractivity contribution in [1.82, 2.24) is 0 Å². The van der Waals surface area contributed by atoms with Gasteiger partial charge in [-0.2, -0.15) is 0 Å². The Morgan fingerprint density at radius 1 is 0.683 bits per heavy atom. The molecule has 1 fully saturated rings. The van der Waals surface area contributed by atoms with Gasteiger partial charge in [0.2, 0.25) is 0 Å². The second kappa shape index (κ2) is 24.0. The molecule has 41 heavy (non-hydrogen) atoms. The molecule has 242 valence electrons. The van der Waals surface area contributed by atoms with Crippen molar-refractivity contribution in [3.63, 3.8) is 0 Å². The maximum absolute atomic E-state index is 14.4. The van der Waals surface area contributed by atoms with Gasteiger partial charge in [0.25, 0.3) is 0 Å². The molecule has 0 spiro atoms. The molecule has 0 aromatic rings. The molecular weight excluding hydrogens is 722 g/mol. The second-order valence-electron chi connectivity index (χ2n) is 12.9. The zero-order chi connectivity index (χ0) is 30.4. The molecule has 1 aliphatic rings. The van der Waals surface area contributed by atoms with Gasteiger partial charge in [0.1, 0.15) is 0 Å². The fourth-order valence-electron chi connectivity index (χ4n) is 7.22. The van der Waals surface area contributed by atoms with Gasteiger partial charge < -0.3 is 0 Å². The van der Waals surface area contributed by atoms with Crippen molar-refractivity contribution in [1.29, 1.82) is 0 Å². The first-order valence-corrected chi connectivity index (χ1v) is 33.0. The maximum atomic E-state index is 14.4. The molecule has 0 saturated carbocycles. The fourth-order valence-corrected chi connectivity index (χ4v) is 51.3. The zero-order valence-corrected chi connectivity index (χ0v) is 34.4. The summed E-state index contributed by atoms with van der Waals surface area (Å²) in [6, 6.07) is 0. The van der Waals surface area contributed by atoms with Crippen LogP contribution < -0.4 is 0 Å². The molecule has 1 heterocycles. The number of hydrogen-bond acceptors (Lipinski definition) is 4. The Morgan fingerprint density at radius 3 is 1.49 bits per heavy atom. The van der Waals surface area contributed by atoms with Gasteiger partial charge in [-0.1, -0.05) is 0 Å². The van der Waals surface area contributed by atoms with Crippen LogP contribution in [0.4, 0.5) is 0 Å². The number of unbranched alkanes of at least 4 members (excludes halogenated alkanes) is 6. The Kier molecular flexibility index (Phi) is 23.3. The summed E-state index contributed by atoms with van der Waals surface area (Å²) >= 11 is -6.07. The van der Waals surface area contributed by atoms with E-state index in [1.807, 2.05) is 0 Å². The SMILES string of the molecule is CCC[CH2][Sn]([CH2]CCC)([CH2]CCC)/[C](CCOC1CCCCO1)=[C](/C(=O)OC)[Sn]([CH2]CCC)([CH2]CCC)[CH2]CCC. The van der Waals surface area contributed by atoms with Crippen molar-refractivity contribution in [2.45, 2.75) is 177 Å². The number of rotatable bonds is 25. The van der Waals surface area contributed by atoms with Crippen molar-refractivity contribution >= 4 is 42.7 Å². The average molecular weight is 792 g/mol. The van der Waals surface area contributed by atoms with Crippen LogP contribution in [0.25, 0.3) is 0 Å². The monoisotopic (exact) mass is 794 g/mol. The van der Waals surface area contributed by atoms with Crippen molar-refractivity contribution < 1.29 is 19.0 Å². The van der Waals surface area contributed by atoms with Gasteiger partial charge in [-0.05, 0) is 0 Å². The number of carbonyl (C=O) groups is 1. The molecule has 1 saturated heterocycles. The van der Waals surface area contributed by atoms with Crippen LogP contribution in [0.5, 0.6) is 0 Å². The number of ether oxygens (including phenoxy) is 3. The topological polar surface area (TPSA) is 44.8 Å². The van der Waals surface area contributed by atoms with Gasteiger partial charge >= 0.3 is 266 Å². The van der Waals surface area contributed by atoms with Crippen LogP contribution in [0.15, 0.2) is 7.18 Å². The van der Waals surface area contributed by atoms with Gasteiger partial charge in [-0.25, -0.2) is 0 Å². The Hall–Kier alpha value is 0.727. The summed E-state index contributed by atoms with van der Waals surface area (Å²) in [5.41, 5.74) is 0. The molecule has 1 aliphatic heterocycles. The molecule has 0 N–H and O–H groups in total. The van der Waals surface area contributed by atoms with Crippen molar-refractivity contribution in [3.05, 3.63) is 7.18 Å². The van der Waals surface area contributed by atoms with E-state index in [4.69, 9.17) is 14.2 Å². The van der Waals surface area contributed by atoms with Crippen LogP contribution in [0.1, 0.15) is 144 Å². The molecule has 6 heteroatoms. The van der Waals surface area contributed by atoms with E-state index in [0.29, 0.717) is 6.61 Å². The van der Waals surface area contributed by atoms with E-state index in [-0.39, 0.29) is 12.3 Å². The first-order chi connectivity index (χ1) is 19.9. The van der Waals surface area contributed by atoms with Crippen LogP contribution in [0, 0.1) is 0 Å². The quantitative estimate of drug-likeness (QED) is 0.0525. The second-order valence-corrected chi connectivity index (χ2v) is 39.3. The summed E-state index contributed by atoms with van der Waals surface area (Å²) in [5.74, 6) is 0.0820. The third-order valence-electron chi connectivity index (χ3n) is 9.71.